The Kier molecular flexibility index (Phi) is 3.10. The monoisotopic (exact) mass is 304 g/mol. The summed E-state index contributed by atoms with van der Waals surface area (Å²) in [6.45, 7) is 0. The van der Waals surface area contributed by atoms with Crippen LogP contribution in [0.25, 0.3) is 11.1 Å². The Labute approximate surface area is 134 Å². The van der Waals surface area contributed by atoms with Crippen LogP contribution in [0, 0.1) is 0 Å². The number of methoxy groups -OCH3 is 1. The highest BCUT2D eigenvalue weighted by atomic mass is 16.6. The summed E-state index contributed by atoms with van der Waals surface area (Å²) in [7, 11) is 1.64. The second-order valence-corrected chi connectivity index (χ2v) is 5.49. The van der Waals surface area contributed by atoms with E-state index in [1.807, 2.05) is 72.8 Å². The Morgan fingerprint density at radius 1 is 0.870 bits per heavy atom. The van der Waals surface area contributed by atoms with Gasteiger partial charge < -0.3 is 14.6 Å². The van der Waals surface area contributed by atoms with Crippen molar-refractivity contribution in [3.63, 3.8) is 0 Å². The molecule has 3 nitrogen and oxygen atoms in total. The lowest BCUT2D eigenvalue weighted by molar-refractivity contribution is -0.110. The molecule has 4 rings (SSSR count). The lowest BCUT2D eigenvalue weighted by Gasteiger charge is -2.36. The topological polar surface area (TPSA) is 38.7 Å². The highest BCUT2D eigenvalue weighted by Gasteiger charge is 2.41. The molecule has 3 aromatic rings. The van der Waals surface area contributed by atoms with Gasteiger partial charge in [-0.1, -0.05) is 60.7 Å². The quantitative estimate of drug-likeness (QED) is 0.779. The summed E-state index contributed by atoms with van der Waals surface area (Å²) in [6, 6.07) is 22.7. The van der Waals surface area contributed by atoms with Gasteiger partial charge in [-0.25, -0.2) is 0 Å². The third-order valence-electron chi connectivity index (χ3n) is 4.19. The first-order valence-electron chi connectivity index (χ1n) is 7.48. The number of hydrogen-bond acceptors (Lipinski definition) is 3. The molecule has 0 aromatic heterocycles. The number of aliphatic hydroxyl groups is 1. The molecule has 1 aliphatic heterocycles. The highest BCUT2D eigenvalue weighted by Crippen LogP contribution is 2.50. The molecule has 1 N–H and O–H groups in total. The number of rotatable bonds is 2. The molecule has 1 unspecified atom stereocenters. The summed E-state index contributed by atoms with van der Waals surface area (Å²) in [4.78, 5) is 0. The maximum Gasteiger partial charge on any atom is 0.262 e. The van der Waals surface area contributed by atoms with Crippen LogP contribution in [-0.2, 0) is 5.79 Å². The van der Waals surface area contributed by atoms with E-state index >= 15 is 0 Å². The van der Waals surface area contributed by atoms with Crippen molar-refractivity contribution in [2.75, 3.05) is 7.11 Å². The summed E-state index contributed by atoms with van der Waals surface area (Å²) in [5.74, 6) is -0.184. The van der Waals surface area contributed by atoms with Gasteiger partial charge in [-0.15, -0.1) is 0 Å². The van der Waals surface area contributed by atoms with Crippen LogP contribution in [0.3, 0.4) is 0 Å². The minimum atomic E-state index is -1.52. The lowest BCUT2D eigenvalue weighted by Crippen LogP contribution is -2.37. The standard InChI is InChI=1S/C20H16O3/c1-22-17-12-7-13-18-19(17)15-10-5-6-11-16(15)20(21,23-18)14-8-3-2-4-9-14/h2-13,21H,1H3. The molecule has 1 heterocycles. The van der Waals surface area contributed by atoms with Gasteiger partial charge in [-0.05, 0) is 17.7 Å². The largest absolute Gasteiger partial charge is 0.496 e. The van der Waals surface area contributed by atoms with Crippen molar-refractivity contribution in [2.24, 2.45) is 0 Å². The molecule has 1 atom stereocenters. The van der Waals surface area contributed by atoms with Crippen molar-refractivity contribution in [3.05, 3.63) is 83.9 Å². The Hall–Kier alpha value is -2.78. The molecule has 3 heteroatoms. The summed E-state index contributed by atoms with van der Waals surface area (Å²) >= 11 is 0. The summed E-state index contributed by atoms with van der Waals surface area (Å²) in [5.41, 5.74) is 3.19. The van der Waals surface area contributed by atoms with Gasteiger partial charge in [0.25, 0.3) is 5.79 Å². The fourth-order valence-corrected chi connectivity index (χ4v) is 3.12. The zero-order chi connectivity index (χ0) is 15.9. The van der Waals surface area contributed by atoms with Crippen LogP contribution in [0.1, 0.15) is 11.1 Å². The zero-order valence-corrected chi connectivity index (χ0v) is 12.7. The maximum absolute atomic E-state index is 11.3. The number of ether oxygens (including phenoxy) is 2. The Bertz CT molecular complexity index is 858. The maximum atomic E-state index is 11.3. The van der Waals surface area contributed by atoms with Gasteiger partial charge in [-0.3, -0.25) is 0 Å². The molecule has 1 aliphatic rings. The van der Waals surface area contributed by atoms with E-state index in [-0.39, 0.29) is 0 Å². The molecule has 0 spiro atoms. The molecule has 0 saturated heterocycles. The molecule has 114 valence electrons. The van der Waals surface area contributed by atoms with Gasteiger partial charge in [0.15, 0.2) is 0 Å². The van der Waals surface area contributed by atoms with Crippen molar-refractivity contribution in [1.82, 2.24) is 0 Å². The Morgan fingerprint density at radius 2 is 1.61 bits per heavy atom. The van der Waals surface area contributed by atoms with Gasteiger partial charge in [-0.2, -0.15) is 0 Å². The zero-order valence-electron chi connectivity index (χ0n) is 12.7. The normalized spacial score (nSPS) is 18.5. The summed E-state index contributed by atoms with van der Waals surface area (Å²) in [5, 5.41) is 11.3. The fraction of sp³-hybridized carbons (Fsp3) is 0.100. The van der Waals surface area contributed by atoms with Gasteiger partial charge in [0, 0.05) is 11.1 Å². The van der Waals surface area contributed by atoms with E-state index in [2.05, 4.69) is 0 Å². The molecule has 0 radical (unpaired) electrons. The van der Waals surface area contributed by atoms with Crippen molar-refractivity contribution >= 4 is 0 Å². The smallest absolute Gasteiger partial charge is 0.262 e. The second kappa shape index (κ2) is 5.14. The average molecular weight is 304 g/mol. The van der Waals surface area contributed by atoms with E-state index in [4.69, 9.17) is 9.47 Å². The third-order valence-corrected chi connectivity index (χ3v) is 4.19. The average Bonchev–Trinajstić information content (AvgIpc) is 2.62. The van der Waals surface area contributed by atoms with Crippen LogP contribution in [0.2, 0.25) is 0 Å². The van der Waals surface area contributed by atoms with E-state index in [1.54, 1.807) is 7.11 Å². The van der Waals surface area contributed by atoms with Crippen LogP contribution >= 0.6 is 0 Å². The molecule has 0 bridgehead atoms. The van der Waals surface area contributed by atoms with E-state index in [0.717, 1.165) is 16.9 Å². The molecule has 0 saturated carbocycles. The van der Waals surface area contributed by atoms with Crippen molar-refractivity contribution < 1.29 is 14.6 Å². The first kappa shape index (κ1) is 13.9. The van der Waals surface area contributed by atoms with E-state index < -0.39 is 5.79 Å². The summed E-state index contributed by atoms with van der Waals surface area (Å²) in [6.07, 6.45) is 0. The van der Waals surface area contributed by atoms with Gasteiger partial charge in [0.05, 0.1) is 12.7 Å². The Morgan fingerprint density at radius 3 is 2.39 bits per heavy atom. The fourth-order valence-electron chi connectivity index (χ4n) is 3.12. The van der Waals surface area contributed by atoms with E-state index in [0.29, 0.717) is 16.9 Å². The molecule has 0 fully saturated rings. The molecule has 23 heavy (non-hydrogen) atoms. The van der Waals surface area contributed by atoms with Crippen LogP contribution in [0.5, 0.6) is 11.5 Å². The van der Waals surface area contributed by atoms with Crippen LogP contribution < -0.4 is 9.47 Å². The predicted octanol–water partition coefficient (Wildman–Crippen LogP) is 3.95. The first-order valence-corrected chi connectivity index (χ1v) is 7.48. The predicted molar refractivity (Wildman–Crippen MR) is 88.5 cm³/mol. The second-order valence-electron chi connectivity index (χ2n) is 5.49. The van der Waals surface area contributed by atoms with Crippen LogP contribution in [0.4, 0.5) is 0 Å². The van der Waals surface area contributed by atoms with Crippen LogP contribution in [-0.4, -0.2) is 12.2 Å². The molecular weight excluding hydrogens is 288 g/mol. The van der Waals surface area contributed by atoms with Gasteiger partial charge >= 0.3 is 0 Å². The van der Waals surface area contributed by atoms with Crippen molar-refractivity contribution in [1.29, 1.82) is 0 Å². The Balaban J connectivity index is 2.01. The van der Waals surface area contributed by atoms with E-state index in [1.165, 1.54) is 0 Å². The molecule has 3 aromatic carbocycles. The summed E-state index contributed by atoms with van der Waals surface area (Å²) < 4.78 is 11.5. The molecule has 0 aliphatic carbocycles. The van der Waals surface area contributed by atoms with E-state index in [9.17, 15) is 5.11 Å². The highest BCUT2D eigenvalue weighted by molar-refractivity contribution is 5.82. The molecular formula is C20H16O3. The number of hydrogen-bond donors (Lipinski definition) is 1. The van der Waals surface area contributed by atoms with Gasteiger partial charge in [0.2, 0.25) is 0 Å². The SMILES string of the molecule is COc1cccc2c1-c1ccccc1C(O)(c1ccccc1)O2. The number of fused-ring (bicyclic) bond motifs is 3. The third kappa shape index (κ3) is 2.01. The van der Waals surface area contributed by atoms with Gasteiger partial charge in [0.1, 0.15) is 11.5 Å². The molecule has 0 amide bonds. The first-order chi connectivity index (χ1) is 11.2. The minimum absolute atomic E-state index is 0.606. The van der Waals surface area contributed by atoms with Crippen molar-refractivity contribution in [2.45, 2.75) is 5.79 Å². The van der Waals surface area contributed by atoms with Crippen LogP contribution in [0.15, 0.2) is 72.8 Å². The minimum Gasteiger partial charge on any atom is -0.496 e. The number of benzene rings is 3. The van der Waals surface area contributed by atoms with Crippen molar-refractivity contribution in [3.8, 4) is 22.6 Å². The lowest BCUT2D eigenvalue weighted by atomic mass is 9.87.